The van der Waals surface area contributed by atoms with Crippen LogP contribution in [0.5, 0.6) is 5.75 Å². The number of hydrogen-bond acceptors (Lipinski definition) is 7. The summed E-state index contributed by atoms with van der Waals surface area (Å²) in [5.41, 5.74) is 3.03. The van der Waals surface area contributed by atoms with E-state index in [1.165, 1.54) is 0 Å². The number of hydrogen-bond donors (Lipinski definition) is 2. The van der Waals surface area contributed by atoms with E-state index < -0.39 is 17.7 Å². The quantitative estimate of drug-likeness (QED) is 0.355. The molecular formula is C27H24N6O2. The van der Waals surface area contributed by atoms with Crippen LogP contribution in [0.4, 0.5) is 5.69 Å². The number of Topliss-reactive ketones (excluding diaryl/α,β-unsaturated/α-hetero) is 1. The number of pyridine rings is 1. The lowest BCUT2D eigenvalue weighted by Gasteiger charge is -2.21. The number of benzene rings is 2. The third-order valence-corrected chi connectivity index (χ3v) is 5.60. The molecule has 2 aromatic carbocycles. The number of aromatic nitrogens is 2. The lowest BCUT2D eigenvalue weighted by Crippen LogP contribution is -2.32. The van der Waals surface area contributed by atoms with Gasteiger partial charge in [-0.3, -0.25) is 9.79 Å². The van der Waals surface area contributed by atoms with Crippen molar-refractivity contribution in [3.8, 4) is 11.8 Å². The second-order valence-corrected chi connectivity index (χ2v) is 7.85. The van der Waals surface area contributed by atoms with Gasteiger partial charge in [0.2, 0.25) is 5.78 Å². The maximum Gasteiger partial charge on any atom is 0.205 e. The largest absolute Gasteiger partial charge is 0.497 e. The van der Waals surface area contributed by atoms with Crippen LogP contribution in [-0.2, 0) is 4.79 Å². The molecule has 0 amide bonds. The molecule has 2 N–H and O–H groups in total. The summed E-state index contributed by atoms with van der Waals surface area (Å²) in [6, 6.07) is 22.7. The van der Waals surface area contributed by atoms with Crippen molar-refractivity contribution in [2.24, 2.45) is 4.99 Å². The highest BCUT2D eigenvalue weighted by Crippen LogP contribution is 2.27. The van der Waals surface area contributed by atoms with Crippen molar-refractivity contribution in [1.29, 1.82) is 10.7 Å². The Balaban J connectivity index is 1.73. The van der Waals surface area contributed by atoms with Crippen LogP contribution in [0.3, 0.4) is 0 Å². The Morgan fingerprint density at radius 3 is 2.66 bits per heavy atom. The number of nitriles is 1. The second-order valence-electron chi connectivity index (χ2n) is 7.85. The molecule has 0 aliphatic carbocycles. The Labute approximate surface area is 203 Å². The normalized spacial score (nSPS) is 12.7. The molecule has 2 atom stereocenters. The predicted octanol–water partition coefficient (Wildman–Crippen LogP) is 4.44. The summed E-state index contributed by atoms with van der Waals surface area (Å²) >= 11 is 0. The Morgan fingerprint density at radius 2 is 1.97 bits per heavy atom. The van der Waals surface area contributed by atoms with Crippen molar-refractivity contribution in [2.45, 2.75) is 12.0 Å². The number of anilines is 1. The van der Waals surface area contributed by atoms with Gasteiger partial charge in [-0.2, -0.15) is 10.4 Å². The van der Waals surface area contributed by atoms with Gasteiger partial charge in [-0.05, 0) is 48.0 Å². The fourth-order valence-electron chi connectivity index (χ4n) is 3.80. The molecule has 8 heteroatoms. The van der Waals surface area contributed by atoms with Crippen LogP contribution in [0.1, 0.15) is 28.8 Å². The lowest BCUT2D eigenvalue weighted by atomic mass is 9.89. The SMILES string of the molecule is CN=CC(C(=N)C(=O)C(Nc1cccc(OC)c1)c1cc2ccccn2n1)c1ccc(C#N)cc1. The second kappa shape index (κ2) is 10.4. The molecule has 0 aliphatic heterocycles. The van der Waals surface area contributed by atoms with Crippen LogP contribution >= 0.6 is 0 Å². The molecule has 2 heterocycles. The molecule has 0 aliphatic rings. The van der Waals surface area contributed by atoms with Gasteiger partial charge in [0.1, 0.15) is 11.8 Å². The minimum atomic E-state index is -0.916. The first-order valence-electron chi connectivity index (χ1n) is 10.9. The Morgan fingerprint density at radius 1 is 1.17 bits per heavy atom. The van der Waals surface area contributed by atoms with Gasteiger partial charge in [-0.1, -0.05) is 24.3 Å². The number of ether oxygens (including phenoxy) is 1. The molecule has 2 aromatic heterocycles. The minimum Gasteiger partial charge on any atom is -0.497 e. The molecule has 174 valence electrons. The van der Waals surface area contributed by atoms with E-state index in [1.807, 2.05) is 42.5 Å². The van der Waals surface area contributed by atoms with Crippen LogP contribution in [-0.4, -0.2) is 41.5 Å². The highest BCUT2D eigenvalue weighted by Gasteiger charge is 2.31. The summed E-state index contributed by atoms with van der Waals surface area (Å²) in [5.74, 6) is -0.475. The fraction of sp³-hybridized carbons (Fsp3) is 0.148. The van der Waals surface area contributed by atoms with Crippen LogP contribution < -0.4 is 10.1 Å². The van der Waals surface area contributed by atoms with E-state index in [-0.39, 0.29) is 5.71 Å². The highest BCUT2D eigenvalue weighted by atomic mass is 16.5. The summed E-state index contributed by atoms with van der Waals surface area (Å²) < 4.78 is 7.01. The first kappa shape index (κ1) is 23.4. The molecule has 0 saturated heterocycles. The van der Waals surface area contributed by atoms with Gasteiger partial charge >= 0.3 is 0 Å². The van der Waals surface area contributed by atoms with Crippen molar-refractivity contribution in [2.75, 3.05) is 19.5 Å². The lowest BCUT2D eigenvalue weighted by molar-refractivity contribution is -0.114. The van der Waals surface area contributed by atoms with E-state index in [4.69, 9.17) is 15.4 Å². The topological polar surface area (TPSA) is 116 Å². The van der Waals surface area contributed by atoms with Crippen molar-refractivity contribution in [3.05, 3.63) is 95.8 Å². The van der Waals surface area contributed by atoms with E-state index in [0.717, 1.165) is 5.52 Å². The molecule has 35 heavy (non-hydrogen) atoms. The number of ketones is 1. The predicted molar refractivity (Wildman–Crippen MR) is 136 cm³/mol. The molecule has 4 aromatic rings. The molecule has 0 bridgehead atoms. The van der Waals surface area contributed by atoms with E-state index in [1.54, 1.807) is 61.4 Å². The average molecular weight is 465 g/mol. The van der Waals surface area contributed by atoms with Crippen molar-refractivity contribution < 1.29 is 9.53 Å². The van der Waals surface area contributed by atoms with Gasteiger partial charge in [-0.25, -0.2) is 4.52 Å². The standard InChI is InChI=1S/C27H24N6O2/c1-30-17-23(19-11-9-18(16-28)10-12-19)25(29)27(34)26(31-20-6-5-8-22(14-20)35-2)24-15-21-7-3-4-13-33(21)32-24/h3-15,17,23,26,29,31H,1-2H3. The number of nitrogens with zero attached hydrogens (tertiary/aromatic N) is 4. The summed E-state index contributed by atoms with van der Waals surface area (Å²) in [6.07, 6.45) is 3.37. The minimum absolute atomic E-state index is 0.141. The van der Waals surface area contributed by atoms with Crippen molar-refractivity contribution in [1.82, 2.24) is 9.61 Å². The van der Waals surface area contributed by atoms with Crippen molar-refractivity contribution in [3.63, 3.8) is 0 Å². The first-order chi connectivity index (χ1) is 17.0. The third kappa shape index (κ3) is 5.09. The summed E-state index contributed by atoms with van der Waals surface area (Å²) in [5, 5.41) is 25.8. The van der Waals surface area contributed by atoms with Crippen molar-refractivity contribution >= 4 is 28.9 Å². The number of fused-ring (bicyclic) bond motifs is 1. The molecule has 8 nitrogen and oxygen atoms in total. The van der Waals surface area contributed by atoms with Crippen LogP contribution in [0.2, 0.25) is 0 Å². The molecule has 0 saturated carbocycles. The Kier molecular flexibility index (Phi) is 6.98. The fourth-order valence-corrected chi connectivity index (χ4v) is 3.80. The maximum atomic E-state index is 13.8. The summed E-state index contributed by atoms with van der Waals surface area (Å²) in [4.78, 5) is 17.9. The summed E-state index contributed by atoms with van der Waals surface area (Å²) in [7, 11) is 3.17. The first-order valence-corrected chi connectivity index (χ1v) is 10.9. The smallest absolute Gasteiger partial charge is 0.205 e. The van der Waals surface area contributed by atoms with E-state index in [9.17, 15) is 4.79 Å². The van der Waals surface area contributed by atoms with Gasteiger partial charge in [0.15, 0.2) is 0 Å². The monoisotopic (exact) mass is 464 g/mol. The number of carbonyl (C=O) groups is 1. The van der Waals surface area contributed by atoms with E-state index >= 15 is 0 Å². The van der Waals surface area contributed by atoms with Crippen LogP contribution in [0.25, 0.3) is 5.52 Å². The molecule has 0 fully saturated rings. The zero-order chi connectivity index (χ0) is 24.8. The zero-order valence-corrected chi connectivity index (χ0v) is 19.3. The van der Waals surface area contributed by atoms with E-state index in [2.05, 4.69) is 21.5 Å². The van der Waals surface area contributed by atoms with Gasteiger partial charge in [0, 0.05) is 31.2 Å². The average Bonchev–Trinajstić information content (AvgIpc) is 3.34. The number of nitrogens with one attached hydrogen (secondary N) is 2. The molecule has 4 rings (SSSR count). The van der Waals surface area contributed by atoms with E-state index in [0.29, 0.717) is 28.3 Å². The third-order valence-electron chi connectivity index (χ3n) is 5.60. The molecule has 0 spiro atoms. The number of methoxy groups -OCH3 is 1. The van der Waals surface area contributed by atoms with Gasteiger partial charge < -0.3 is 15.5 Å². The number of carbonyl (C=O) groups excluding carboxylic acids is 1. The maximum absolute atomic E-state index is 13.8. The Hall–Kier alpha value is -4.77. The van der Waals surface area contributed by atoms with Gasteiger partial charge in [-0.15, -0.1) is 0 Å². The summed E-state index contributed by atoms with van der Waals surface area (Å²) in [6.45, 7) is 0. The Bertz CT molecular complexity index is 1400. The molecule has 2 unspecified atom stereocenters. The number of aliphatic imine (C=N–C) groups is 1. The number of rotatable bonds is 9. The molecule has 0 radical (unpaired) electrons. The van der Waals surface area contributed by atoms with Gasteiger partial charge in [0.25, 0.3) is 0 Å². The zero-order valence-electron chi connectivity index (χ0n) is 19.3. The van der Waals surface area contributed by atoms with Gasteiger partial charge in [0.05, 0.1) is 41.6 Å². The van der Waals surface area contributed by atoms with Crippen LogP contribution in [0.15, 0.2) is 84.0 Å². The van der Waals surface area contributed by atoms with Crippen LogP contribution in [0, 0.1) is 16.7 Å². The highest BCUT2D eigenvalue weighted by molar-refractivity contribution is 6.45. The molecular weight excluding hydrogens is 440 g/mol.